The number of nitrogens with zero attached hydrogens (tertiary/aromatic N) is 1. The first kappa shape index (κ1) is 13.7. The highest BCUT2D eigenvalue weighted by Crippen LogP contribution is 2.40. The molecule has 1 saturated heterocycles. The van der Waals surface area contributed by atoms with E-state index in [2.05, 4.69) is 30.9 Å². The number of hydrogen-bond donors (Lipinski definition) is 1. The van der Waals surface area contributed by atoms with Crippen LogP contribution in [0.1, 0.15) is 33.1 Å². The summed E-state index contributed by atoms with van der Waals surface area (Å²) in [5.41, 5.74) is 7.04. The monoisotopic (exact) mass is 266 g/mol. The molecule has 1 aliphatic rings. The number of nitrogens with two attached hydrogens (primary N) is 1. The Morgan fingerprint density at radius 3 is 2.78 bits per heavy atom. The van der Waals surface area contributed by atoms with Crippen molar-refractivity contribution in [3.63, 3.8) is 0 Å². The Morgan fingerprint density at radius 2 is 2.11 bits per heavy atom. The molecule has 1 unspecified atom stereocenters. The Bertz CT molecular complexity index is 401. The summed E-state index contributed by atoms with van der Waals surface area (Å²) in [6.45, 7) is 6.48. The molecule has 0 amide bonds. The first-order chi connectivity index (χ1) is 8.57. The zero-order chi connectivity index (χ0) is 13.2. The van der Waals surface area contributed by atoms with Gasteiger partial charge >= 0.3 is 0 Å². The quantitative estimate of drug-likeness (QED) is 0.904. The van der Waals surface area contributed by atoms with Gasteiger partial charge in [0.1, 0.15) is 0 Å². The van der Waals surface area contributed by atoms with Crippen molar-refractivity contribution in [3.05, 3.63) is 29.3 Å². The van der Waals surface area contributed by atoms with Crippen molar-refractivity contribution < 1.29 is 0 Å². The molecule has 1 heterocycles. The molecule has 2 nitrogen and oxygen atoms in total. The molecule has 2 N–H and O–H groups in total. The molecular weight excluding hydrogens is 244 g/mol. The molecule has 0 aromatic heterocycles. The lowest BCUT2D eigenvalue weighted by atomic mass is 9.77. The molecule has 1 aliphatic heterocycles. The fourth-order valence-corrected chi connectivity index (χ4v) is 3.40. The second-order valence-corrected chi connectivity index (χ2v) is 6.08. The van der Waals surface area contributed by atoms with Crippen molar-refractivity contribution in [2.75, 3.05) is 18.0 Å². The summed E-state index contributed by atoms with van der Waals surface area (Å²) in [5.74, 6) is 0.646. The van der Waals surface area contributed by atoms with E-state index in [9.17, 15) is 0 Å². The average Bonchev–Trinajstić information content (AvgIpc) is 2.33. The molecule has 1 atom stereocenters. The lowest BCUT2D eigenvalue weighted by molar-refractivity contribution is 0.228. The number of hydrogen-bond acceptors (Lipinski definition) is 2. The Hall–Kier alpha value is -0.730. The third kappa shape index (κ3) is 2.50. The Morgan fingerprint density at radius 1 is 1.39 bits per heavy atom. The van der Waals surface area contributed by atoms with Gasteiger partial charge in [0, 0.05) is 12.1 Å². The normalized spacial score (nSPS) is 23.1. The van der Waals surface area contributed by atoms with Crippen LogP contribution >= 0.6 is 11.6 Å². The van der Waals surface area contributed by atoms with E-state index in [-0.39, 0.29) is 5.54 Å². The number of rotatable bonds is 3. The Balaban J connectivity index is 2.29. The van der Waals surface area contributed by atoms with Crippen molar-refractivity contribution in [2.45, 2.75) is 38.6 Å². The zero-order valence-corrected chi connectivity index (χ0v) is 12.1. The van der Waals surface area contributed by atoms with Crippen molar-refractivity contribution in [1.29, 1.82) is 0 Å². The van der Waals surface area contributed by atoms with Crippen molar-refractivity contribution in [1.82, 2.24) is 0 Å². The SMILES string of the molecule is CC1(C)C(CCN)CCCN1c1ccccc1Cl. The van der Waals surface area contributed by atoms with E-state index in [1.54, 1.807) is 0 Å². The maximum absolute atomic E-state index is 6.34. The molecule has 1 aromatic carbocycles. The van der Waals surface area contributed by atoms with Crippen LogP contribution in [-0.4, -0.2) is 18.6 Å². The van der Waals surface area contributed by atoms with Crippen LogP contribution in [0.2, 0.25) is 5.02 Å². The zero-order valence-electron chi connectivity index (χ0n) is 11.3. The number of anilines is 1. The van der Waals surface area contributed by atoms with Gasteiger partial charge in [0.05, 0.1) is 10.7 Å². The van der Waals surface area contributed by atoms with Crippen LogP contribution in [0.3, 0.4) is 0 Å². The van der Waals surface area contributed by atoms with Crippen LogP contribution in [0.5, 0.6) is 0 Å². The van der Waals surface area contributed by atoms with Crippen LogP contribution in [0, 0.1) is 5.92 Å². The van der Waals surface area contributed by atoms with Crippen LogP contribution < -0.4 is 10.6 Å². The minimum Gasteiger partial charge on any atom is -0.365 e. The molecule has 2 rings (SSSR count). The van der Waals surface area contributed by atoms with Gasteiger partial charge in [-0.15, -0.1) is 0 Å². The summed E-state index contributed by atoms with van der Waals surface area (Å²) in [4.78, 5) is 2.46. The van der Waals surface area contributed by atoms with Gasteiger partial charge in [-0.25, -0.2) is 0 Å². The predicted octanol–water partition coefficient (Wildman–Crippen LogP) is 3.68. The number of halogens is 1. The molecule has 0 spiro atoms. The van der Waals surface area contributed by atoms with Gasteiger partial charge in [-0.1, -0.05) is 23.7 Å². The summed E-state index contributed by atoms with van der Waals surface area (Å²) >= 11 is 6.34. The molecule has 100 valence electrons. The maximum atomic E-state index is 6.34. The minimum absolute atomic E-state index is 0.128. The number of benzene rings is 1. The molecule has 1 aromatic rings. The number of para-hydroxylation sites is 1. The first-order valence-corrected chi connectivity index (χ1v) is 7.17. The third-order valence-corrected chi connectivity index (χ3v) is 4.61. The fourth-order valence-electron chi connectivity index (χ4n) is 3.16. The van der Waals surface area contributed by atoms with Crippen molar-refractivity contribution >= 4 is 17.3 Å². The van der Waals surface area contributed by atoms with Crippen molar-refractivity contribution in [3.8, 4) is 0 Å². The van der Waals surface area contributed by atoms with E-state index in [1.807, 2.05) is 12.1 Å². The smallest absolute Gasteiger partial charge is 0.0639 e. The van der Waals surface area contributed by atoms with Crippen LogP contribution in [0.25, 0.3) is 0 Å². The molecule has 18 heavy (non-hydrogen) atoms. The van der Waals surface area contributed by atoms with E-state index in [4.69, 9.17) is 17.3 Å². The van der Waals surface area contributed by atoms with Gasteiger partial charge in [0.25, 0.3) is 0 Å². The lowest BCUT2D eigenvalue weighted by Gasteiger charge is -2.50. The van der Waals surface area contributed by atoms with E-state index in [1.165, 1.54) is 12.8 Å². The summed E-state index contributed by atoms with van der Waals surface area (Å²) in [5, 5.41) is 0.846. The van der Waals surface area contributed by atoms with Crippen LogP contribution in [0.4, 0.5) is 5.69 Å². The highest BCUT2D eigenvalue weighted by molar-refractivity contribution is 6.33. The van der Waals surface area contributed by atoms with E-state index >= 15 is 0 Å². The largest absolute Gasteiger partial charge is 0.365 e. The van der Waals surface area contributed by atoms with Crippen molar-refractivity contribution in [2.24, 2.45) is 11.7 Å². The highest BCUT2D eigenvalue weighted by Gasteiger charge is 2.38. The van der Waals surface area contributed by atoms with Crippen LogP contribution in [0.15, 0.2) is 24.3 Å². The van der Waals surface area contributed by atoms with Gasteiger partial charge in [-0.05, 0) is 57.7 Å². The molecule has 0 aliphatic carbocycles. The number of piperidine rings is 1. The third-order valence-electron chi connectivity index (χ3n) is 4.29. The summed E-state index contributed by atoms with van der Waals surface area (Å²) in [7, 11) is 0. The predicted molar refractivity (Wildman–Crippen MR) is 79.3 cm³/mol. The second-order valence-electron chi connectivity index (χ2n) is 5.67. The standard InChI is InChI=1S/C15H23ClN2/c1-15(2)12(9-10-17)6-5-11-18(15)14-8-4-3-7-13(14)16/h3-4,7-8,12H,5-6,9-11,17H2,1-2H3. The summed E-state index contributed by atoms with van der Waals surface area (Å²) < 4.78 is 0. The average molecular weight is 267 g/mol. The minimum atomic E-state index is 0.128. The van der Waals surface area contributed by atoms with E-state index in [0.717, 1.165) is 30.2 Å². The fraction of sp³-hybridized carbons (Fsp3) is 0.600. The lowest BCUT2D eigenvalue weighted by Crippen LogP contribution is -2.54. The summed E-state index contributed by atoms with van der Waals surface area (Å²) in [6.07, 6.45) is 3.58. The highest BCUT2D eigenvalue weighted by atomic mass is 35.5. The van der Waals surface area contributed by atoms with E-state index in [0.29, 0.717) is 5.92 Å². The van der Waals surface area contributed by atoms with Crippen LogP contribution in [-0.2, 0) is 0 Å². The van der Waals surface area contributed by atoms with Gasteiger partial charge in [-0.3, -0.25) is 0 Å². The van der Waals surface area contributed by atoms with Gasteiger partial charge in [-0.2, -0.15) is 0 Å². The van der Waals surface area contributed by atoms with Gasteiger partial charge in [0.2, 0.25) is 0 Å². The molecule has 0 radical (unpaired) electrons. The molecular formula is C15H23ClN2. The topological polar surface area (TPSA) is 29.3 Å². The molecule has 3 heteroatoms. The molecule has 0 saturated carbocycles. The van der Waals surface area contributed by atoms with E-state index < -0.39 is 0 Å². The first-order valence-electron chi connectivity index (χ1n) is 6.79. The maximum Gasteiger partial charge on any atom is 0.0639 e. The van der Waals surface area contributed by atoms with Gasteiger partial charge in [0.15, 0.2) is 0 Å². The van der Waals surface area contributed by atoms with Gasteiger partial charge < -0.3 is 10.6 Å². The molecule has 1 fully saturated rings. The Labute approximate surface area is 115 Å². The Kier molecular flexibility index (Phi) is 4.18. The second kappa shape index (κ2) is 5.50. The molecule has 0 bridgehead atoms. The summed E-state index contributed by atoms with van der Waals surface area (Å²) in [6, 6.07) is 8.14.